The molecule has 0 saturated heterocycles. The average molecular weight is 188 g/mol. The third-order valence-electron chi connectivity index (χ3n) is 2.07. The Labute approximate surface area is 81.8 Å². The molecule has 2 atom stereocenters. The van der Waals surface area contributed by atoms with E-state index in [9.17, 15) is 0 Å². The van der Waals surface area contributed by atoms with Crippen LogP contribution >= 0.6 is 0 Å². The Balaban J connectivity index is 3.94. The average Bonchev–Trinajstić information content (AvgIpc) is 1.81. The summed E-state index contributed by atoms with van der Waals surface area (Å²) in [5.74, 6) is 0. The molecule has 13 heavy (non-hydrogen) atoms. The summed E-state index contributed by atoms with van der Waals surface area (Å²) >= 11 is 0. The minimum absolute atomic E-state index is 0.106. The molecule has 0 bridgehead atoms. The van der Waals surface area contributed by atoms with E-state index in [1.54, 1.807) is 0 Å². The zero-order valence-electron chi connectivity index (χ0n) is 9.55. The molecular weight excluding hydrogens is 164 g/mol. The van der Waals surface area contributed by atoms with E-state index >= 15 is 0 Å². The molecule has 3 heteroatoms. The highest BCUT2D eigenvalue weighted by Gasteiger charge is 2.23. The second-order valence-electron chi connectivity index (χ2n) is 4.74. The maximum atomic E-state index is 6.01. The zero-order valence-corrected chi connectivity index (χ0v) is 9.55. The van der Waals surface area contributed by atoms with Gasteiger partial charge in [-0.3, -0.25) is 0 Å². The molecule has 3 nitrogen and oxygen atoms in total. The van der Waals surface area contributed by atoms with E-state index in [-0.39, 0.29) is 11.6 Å². The van der Waals surface area contributed by atoms with Gasteiger partial charge in [0.15, 0.2) is 0 Å². The van der Waals surface area contributed by atoms with Crippen LogP contribution in [-0.4, -0.2) is 17.4 Å². The molecule has 4 N–H and O–H groups in total. The monoisotopic (exact) mass is 188 g/mol. The van der Waals surface area contributed by atoms with Gasteiger partial charge < -0.3 is 16.2 Å². The van der Waals surface area contributed by atoms with Crippen molar-refractivity contribution in [1.29, 1.82) is 0 Å². The van der Waals surface area contributed by atoms with Crippen molar-refractivity contribution in [2.24, 2.45) is 11.5 Å². The first-order valence-corrected chi connectivity index (χ1v) is 4.92. The number of rotatable bonds is 5. The molecule has 0 aliphatic carbocycles. The largest absolute Gasteiger partial charge is 0.358 e. The maximum Gasteiger partial charge on any atom is 0.111 e. The molecule has 2 unspecified atom stereocenters. The molecule has 0 radical (unpaired) electrons. The Kier molecular flexibility index (Phi) is 4.36. The molecule has 0 amide bonds. The lowest BCUT2D eigenvalue weighted by molar-refractivity contribution is -0.0689. The highest BCUT2D eigenvalue weighted by molar-refractivity contribution is 4.80. The molecule has 0 aromatic carbocycles. The van der Waals surface area contributed by atoms with Crippen LogP contribution in [0.15, 0.2) is 0 Å². The Hall–Kier alpha value is -0.120. The van der Waals surface area contributed by atoms with Gasteiger partial charge in [-0.1, -0.05) is 6.92 Å². The van der Waals surface area contributed by atoms with Crippen LogP contribution in [0.1, 0.15) is 47.5 Å². The molecule has 0 heterocycles. The summed E-state index contributed by atoms with van der Waals surface area (Å²) in [4.78, 5) is 0. The second kappa shape index (κ2) is 4.40. The van der Waals surface area contributed by atoms with Gasteiger partial charge in [0.2, 0.25) is 0 Å². The van der Waals surface area contributed by atoms with Gasteiger partial charge in [-0.05, 0) is 40.5 Å². The normalized spacial score (nSPS) is 19.6. The van der Waals surface area contributed by atoms with Crippen LogP contribution in [0.5, 0.6) is 0 Å². The van der Waals surface area contributed by atoms with E-state index in [4.69, 9.17) is 16.2 Å². The predicted molar refractivity (Wildman–Crippen MR) is 56.3 cm³/mol. The highest BCUT2D eigenvalue weighted by atomic mass is 16.5. The molecule has 0 aliphatic rings. The van der Waals surface area contributed by atoms with Crippen molar-refractivity contribution in [3.05, 3.63) is 0 Å². The van der Waals surface area contributed by atoms with Gasteiger partial charge in [-0.2, -0.15) is 0 Å². The van der Waals surface area contributed by atoms with Gasteiger partial charge >= 0.3 is 0 Å². The molecule has 0 aromatic rings. The van der Waals surface area contributed by atoms with Crippen molar-refractivity contribution < 1.29 is 4.74 Å². The SMILES string of the molecule is CCC(C)(N)CC(C)OC(C)(C)N. The van der Waals surface area contributed by atoms with E-state index in [0.717, 1.165) is 12.8 Å². The summed E-state index contributed by atoms with van der Waals surface area (Å²) in [6.45, 7) is 9.83. The maximum absolute atomic E-state index is 6.01. The van der Waals surface area contributed by atoms with Gasteiger partial charge in [0, 0.05) is 5.54 Å². The van der Waals surface area contributed by atoms with Crippen LogP contribution < -0.4 is 11.5 Å². The zero-order chi connectivity index (χ0) is 10.7. The molecule has 80 valence electrons. The van der Waals surface area contributed by atoms with Crippen LogP contribution in [0.2, 0.25) is 0 Å². The van der Waals surface area contributed by atoms with Crippen LogP contribution in [0.4, 0.5) is 0 Å². The Bertz CT molecular complexity index is 149. The summed E-state index contributed by atoms with van der Waals surface area (Å²) in [7, 11) is 0. The lowest BCUT2D eigenvalue weighted by Crippen LogP contribution is -2.44. The summed E-state index contributed by atoms with van der Waals surface area (Å²) in [5.41, 5.74) is 11.0. The van der Waals surface area contributed by atoms with Crippen molar-refractivity contribution in [2.45, 2.75) is 64.8 Å². The number of ether oxygens (including phenoxy) is 1. The van der Waals surface area contributed by atoms with Crippen molar-refractivity contribution in [3.63, 3.8) is 0 Å². The lowest BCUT2D eigenvalue weighted by Gasteiger charge is -2.31. The third kappa shape index (κ3) is 6.99. The van der Waals surface area contributed by atoms with Crippen LogP contribution in [0.25, 0.3) is 0 Å². The highest BCUT2D eigenvalue weighted by Crippen LogP contribution is 2.17. The Morgan fingerprint density at radius 3 is 2.00 bits per heavy atom. The summed E-state index contributed by atoms with van der Waals surface area (Å²) in [6.07, 6.45) is 1.89. The fourth-order valence-electron chi connectivity index (χ4n) is 1.36. The number of hydrogen-bond acceptors (Lipinski definition) is 3. The van der Waals surface area contributed by atoms with Crippen molar-refractivity contribution in [1.82, 2.24) is 0 Å². The van der Waals surface area contributed by atoms with E-state index in [2.05, 4.69) is 6.92 Å². The van der Waals surface area contributed by atoms with Crippen LogP contribution in [0.3, 0.4) is 0 Å². The molecule has 0 aliphatic heterocycles. The minimum Gasteiger partial charge on any atom is -0.358 e. The molecule has 0 saturated carbocycles. The van der Waals surface area contributed by atoms with E-state index < -0.39 is 5.72 Å². The van der Waals surface area contributed by atoms with Gasteiger partial charge in [-0.15, -0.1) is 0 Å². The van der Waals surface area contributed by atoms with Crippen molar-refractivity contribution in [2.75, 3.05) is 0 Å². The standard InChI is InChI=1S/C10H24N2O/c1-6-10(5,12)7-8(2)13-9(3,4)11/h8H,6-7,11-12H2,1-5H3. The molecule has 0 fully saturated rings. The summed E-state index contributed by atoms with van der Waals surface area (Å²) < 4.78 is 5.57. The first kappa shape index (κ1) is 12.9. The Morgan fingerprint density at radius 2 is 1.69 bits per heavy atom. The van der Waals surface area contributed by atoms with Gasteiger partial charge in [0.05, 0.1) is 6.10 Å². The molecule has 0 spiro atoms. The van der Waals surface area contributed by atoms with E-state index in [1.165, 1.54) is 0 Å². The van der Waals surface area contributed by atoms with Crippen molar-refractivity contribution in [3.8, 4) is 0 Å². The number of hydrogen-bond donors (Lipinski definition) is 2. The fourth-order valence-corrected chi connectivity index (χ4v) is 1.36. The van der Waals surface area contributed by atoms with E-state index in [0.29, 0.717) is 0 Å². The third-order valence-corrected chi connectivity index (χ3v) is 2.07. The lowest BCUT2D eigenvalue weighted by atomic mass is 9.93. The smallest absolute Gasteiger partial charge is 0.111 e. The predicted octanol–water partition coefficient (Wildman–Crippen LogP) is 1.60. The summed E-state index contributed by atoms with van der Waals surface area (Å²) in [6, 6.07) is 0. The minimum atomic E-state index is -0.566. The molecular formula is C10H24N2O. The van der Waals surface area contributed by atoms with Crippen molar-refractivity contribution >= 4 is 0 Å². The fraction of sp³-hybridized carbons (Fsp3) is 1.00. The van der Waals surface area contributed by atoms with Gasteiger partial charge in [0.1, 0.15) is 5.72 Å². The van der Waals surface area contributed by atoms with Crippen LogP contribution in [0, 0.1) is 0 Å². The van der Waals surface area contributed by atoms with Gasteiger partial charge in [-0.25, -0.2) is 0 Å². The van der Waals surface area contributed by atoms with Gasteiger partial charge in [0.25, 0.3) is 0 Å². The quantitative estimate of drug-likeness (QED) is 0.644. The topological polar surface area (TPSA) is 61.3 Å². The van der Waals surface area contributed by atoms with E-state index in [1.807, 2.05) is 27.7 Å². The Morgan fingerprint density at radius 1 is 1.23 bits per heavy atom. The second-order valence-corrected chi connectivity index (χ2v) is 4.74. The molecule has 0 rings (SSSR count). The molecule has 0 aromatic heterocycles. The van der Waals surface area contributed by atoms with Crippen LogP contribution in [-0.2, 0) is 4.74 Å². The number of nitrogens with two attached hydrogens (primary N) is 2. The first-order valence-electron chi connectivity index (χ1n) is 4.92. The first-order chi connectivity index (χ1) is 5.66. The summed E-state index contributed by atoms with van der Waals surface area (Å²) in [5, 5.41) is 0.